The number of carbonyl (C=O) groups excluding carboxylic acids is 1. The topological polar surface area (TPSA) is 124 Å². The molecule has 0 bridgehead atoms. The van der Waals surface area contributed by atoms with Crippen molar-refractivity contribution in [2.45, 2.75) is 18.9 Å². The maximum Gasteiger partial charge on any atom is 0.254 e. The molecule has 2 heterocycles. The second-order valence-electron chi connectivity index (χ2n) is 6.21. The molecule has 0 aliphatic heterocycles. The summed E-state index contributed by atoms with van der Waals surface area (Å²) in [7, 11) is 1.89. The molecule has 1 aromatic carbocycles. The summed E-state index contributed by atoms with van der Waals surface area (Å²) in [6, 6.07) is 8.04. The number of aryl methyl sites for hydroxylation is 1. The van der Waals surface area contributed by atoms with Gasteiger partial charge in [0, 0.05) is 30.5 Å². The van der Waals surface area contributed by atoms with Crippen LogP contribution in [0.15, 0.2) is 36.8 Å². The van der Waals surface area contributed by atoms with Gasteiger partial charge in [0.1, 0.15) is 12.1 Å². The molecule has 132 valence electrons. The van der Waals surface area contributed by atoms with Gasteiger partial charge in [0.15, 0.2) is 5.82 Å². The summed E-state index contributed by atoms with van der Waals surface area (Å²) in [6.07, 6.45) is 5.23. The van der Waals surface area contributed by atoms with Gasteiger partial charge in [-0.3, -0.25) is 4.79 Å². The van der Waals surface area contributed by atoms with E-state index in [0.717, 1.165) is 29.9 Å². The smallest absolute Gasteiger partial charge is 0.254 e. The van der Waals surface area contributed by atoms with Gasteiger partial charge in [0.25, 0.3) is 5.91 Å². The van der Waals surface area contributed by atoms with Crippen LogP contribution < -0.4 is 16.4 Å². The third kappa shape index (κ3) is 3.32. The Balaban J connectivity index is 1.55. The highest BCUT2D eigenvalue weighted by atomic mass is 16.1. The van der Waals surface area contributed by atoms with Crippen molar-refractivity contribution in [2.24, 2.45) is 12.8 Å². The van der Waals surface area contributed by atoms with Crippen LogP contribution in [-0.2, 0) is 7.05 Å². The number of amides is 1. The summed E-state index contributed by atoms with van der Waals surface area (Å²) in [4.78, 5) is 20.1. The van der Waals surface area contributed by atoms with E-state index < -0.39 is 5.91 Å². The Morgan fingerprint density at radius 3 is 2.65 bits per heavy atom. The first kappa shape index (κ1) is 16.0. The standard InChI is InChI=1S/C17H18N8O/c1-25-9-20-24-16(25)10-2-4-12(5-3-10)22-17-19-8-13(14(18)26)15(23-17)21-11-6-7-11/h2-5,8-9,11H,6-7H2,1H3,(H2,18,26)(H2,19,21,22,23). The van der Waals surface area contributed by atoms with Crippen molar-refractivity contribution in [1.82, 2.24) is 24.7 Å². The number of aromatic nitrogens is 5. The fourth-order valence-corrected chi connectivity index (χ4v) is 2.53. The number of nitrogens with zero attached hydrogens (tertiary/aromatic N) is 5. The average molecular weight is 350 g/mol. The molecule has 4 N–H and O–H groups in total. The Bertz CT molecular complexity index is 946. The van der Waals surface area contributed by atoms with Crippen molar-refractivity contribution < 1.29 is 4.79 Å². The molecule has 0 saturated heterocycles. The Morgan fingerprint density at radius 2 is 2.04 bits per heavy atom. The van der Waals surface area contributed by atoms with E-state index >= 15 is 0 Å². The van der Waals surface area contributed by atoms with Gasteiger partial charge in [0.05, 0.1) is 5.56 Å². The summed E-state index contributed by atoms with van der Waals surface area (Å²) in [6.45, 7) is 0. The molecule has 26 heavy (non-hydrogen) atoms. The molecule has 1 aliphatic carbocycles. The van der Waals surface area contributed by atoms with Gasteiger partial charge in [-0.05, 0) is 37.1 Å². The van der Waals surface area contributed by atoms with Crippen LogP contribution in [0.25, 0.3) is 11.4 Å². The minimum atomic E-state index is -0.548. The van der Waals surface area contributed by atoms with E-state index in [0.29, 0.717) is 23.4 Å². The highest BCUT2D eigenvalue weighted by Gasteiger charge is 2.24. The molecule has 4 rings (SSSR count). The van der Waals surface area contributed by atoms with Gasteiger partial charge in [-0.15, -0.1) is 10.2 Å². The largest absolute Gasteiger partial charge is 0.367 e. The predicted octanol–water partition coefficient (Wildman–Crippen LogP) is 1.69. The first-order valence-electron chi connectivity index (χ1n) is 8.25. The highest BCUT2D eigenvalue weighted by Crippen LogP contribution is 2.26. The van der Waals surface area contributed by atoms with Gasteiger partial charge >= 0.3 is 0 Å². The second-order valence-corrected chi connectivity index (χ2v) is 6.21. The normalized spacial score (nSPS) is 13.4. The molecule has 0 spiro atoms. The maximum absolute atomic E-state index is 11.5. The number of nitrogens with one attached hydrogen (secondary N) is 2. The van der Waals surface area contributed by atoms with Gasteiger partial charge in [-0.1, -0.05) is 0 Å². The van der Waals surface area contributed by atoms with E-state index in [9.17, 15) is 4.79 Å². The molecule has 1 amide bonds. The molecule has 0 radical (unpaired) electrons. The quantitative estimate of drug-likeness (QED) is 0.618. The van der Waals surface area contributed by atoms with Crippen molar-refractivity contribution in [3.63, 3.8) is 0 Å². The van der Waals surface area contributed by atoms with Gasteiger partial charge in [-0.2, -0.15) is 4.98 Å². The lowest BCUT2D eigenvalue weighted by Gasteiger charge is -2.11. The van der Waals surface area contributed by atoms with Crippen LogP contribution in [0.1, 0.15) is 23.2 Å². The second kappa shape index (κ2) is 6.43. The Hall–Kier alpha value is -3.49. The Labute approximate surface area is 149 Å². The van der Waals surface area contributed by atoms with E-state index in [4.69, 9.17) is 5.73 Å². The molecule has 1 fully saturated rings. The van der Waals surface area contributed by atoms with Crippen LogP contribution in [-0.4, -0.2) is 36.7 Å². The zero-order chi connectivity index (χ0) is 18.1. The van der Waals surface area contributed by atoms with Crippen LogP contribution in [0.4, 0.5) is 17.5 Å². The first-order valence-corrected chi connectivity index (χ1v) is 8.25. The fraction of sp³-hybridized carbons (Fsp3) is 0.235. The van der Waals surface area contributed by atoms with Crippen LogP contribution in [0.2, 0.25) is 0 Å². The summed E-state index contributed by atoms with van der Waals surface area (Å²) in [5, 5.41) is 14.3. The number of primary amides is 1. The van der Waals surface area contributed by atoms with Gasteiger partial charge in [0.2, 0.25) is 5.95 Å². The van der Waals surface area contributed by atoms with E-state index in [2.05, 4.69) is 30.8 Å². The van der Waals surface area contributed by atoms with Gasteiger partial charge < -0.3 is 20.9 Å². The van der Waals surface area contributed by atoms with Crippen LogP contribution >= 0.6 is 0 Å². The molecular formula is C17H18N8O. The third-order valence-electron chi connectivity index (χ3n) is 4.08. The number of rotatable bonds is 6. The molecular weight excluding hydrogens is 332 g/mol. The molecule has 2 aromatic heterocycles. The SMILES string of the molecule is Cn1cnnc1-c1ccc(Nc2ncc(C(N)=O)c(NC3CC3)n2)cc1. The van der Waals surface area contributed by atoms with Crippen molar-refractivity contribution in [3.05, 3.63) is 42.4 Å². The van der Waals surface area contributed by atoms with Crippen molar-refractivity contribution >= 4 is 23.4 Å². The predicted molar refractivity (Wildman–Crippen MR) is 96.9 cm³/mol. The Morgan fingerprint density at radius 1 is 1.27 bits per heavy atom. The monoisotopic (exact) mass is 350 g/mol. The maximum atomic E-state index is 11.5. The number of hydrogen-bond acceptors (Lipinski definition) is 7. The van der Waals surface area contributed by atoms with Crippen LogP contribution in [0, 0.1) is 0 Å². The average Bonchev–Trinajstić information content (AvgIpc) is 3.34. The summed E-state index contributed by atoms with van der Waals surface area (Å²) in [5.74, 6) is 1.10. The minimum Gasteiger partial charge on any atom is -0.367 e. The zero-order valence-electron chi connectivity index (χ0n) is 14.2. The highest BCUT2D eigenvalue weighted by molar-refractivity contribution is 5.97. The van der Waals surface area contributed by atoms with Crippen LogP contribution in [0.3, 0.4) is 0 Å². The number of benzene rings is 1. The lowest BCUT2D eigenvalue weighted by Crippen LogP contribution is -2.17. The molecule has 0 unspecified atom stereocenters. The molecule has 1 saturated carbocycles. The van der Waals surface area contributed by atoms with Crippen molar-refractivity contribution in [2.75, 3.05) is 10.6 Å². The number of hydrogen-bond donors (Lipinski definition) is 3. The Kier molecular flexibility index (Phi) is 3.96. The molecule has 1 aliphatic rings. The summed E-state index contributed by atoms with van der Waals surface area (Å²) >= 11 is 0. The van der Waals surface area contributed by atoms with Crippen molar-refractivity contribution in [1.29, 1.82) is 0 Å². The zero-order valence-corrected chi connectivity index (χ0v) is 14.2. The third-order valence-corrected chi connectivity index (χ3v) is 4.08. The van der Waals surface area contributed by atoms with E-state index in [-0.39, 0.29) is 0 Å². The molecule has 0 atom stereocenters. The van der Waals surface area contributed by atoms with Crippen LogP contribution in [0.5, 0.6) is 0 Å². The van der Waals surface area contributed by atoms with Gasteiger partial charge in [-0.25, -0.2) is 4.98 Å². The lowest BCUT2D eigenvalue weighted by molar-refractivity contribution is 0.100. The minimum absolute atomic E-state index is 0.292. The number of nitrogens with two attached hydrogens (primary N) is 1. The number of carbonyl (C=O) groups is 1. The number of anilines is 3. The van der Waals surface area contributed by atoms with E-state index in [1.54, 1.807) is 6.33 Å². The molecule has 9 nitrogen and oxygen atoms in total. The fourth-order valence-electron chi connectivity index (χ4n) is 2.53. The first-order chi connectivity index (χ1) is 12.6. The van der Waals surface area contributed by atoms with E-state index in [1.807, 2.05) is 35.9 Å². The summed E-state index contributed by atoms with van der Waals surface area (Å²) in [5.41, 5.74) is 7.46. The molecule has 3 aromatic rings. The summed E-state index contributed by atoms with van der Waals surface area (Å²) < 4.78 is 1.85. The van der Waals surface area contributed by atoms with Crippen molar-refractivity contribution in [3.8, 4) is 11.4 Å². The van der Waals surface area contributed by atoms with E-state index in [1.165, 1.54) is 6.20 Å². The lowest BCUT2D eigenvalue weighted by atomic mass is 10.2. The molecule has 9 heteroatoms.